The lowest BCUT2D eigenvalue weighted by molar-refractivity contribution is 0.590. The molecule has 0 spiro atoms. The maximum Gasteiger partial charge on any atom is 0.0552 e. The average Bonchev–Trinajstić information content (AvgIpc) is 2.92. The molecule has 1 aliphatic rings. The molecule has 125 valence electrons. The summed E-state index contributed by atoms with van der Waals surface area (Å²) < 4.78 is 0. The third kappa shape index (κ3) is 3.02. The fourth-order valence-electron chi connectivity index (χ4n) is 3.85. The molecule has 0 saturated carbocycles. The Hall–Kier alpha value is -1.60. The van der Waals surface area contributed by atoms with Crippen LogP contribution in [0, 0.1) is 0 Å². The standard InChI is InChI=1S/C23H29Si/c1-7-16-15-21-19(9-8-10-20(21)22(16)24(5)6)17-11-13-18(14-12-17)23(2,3)4/h8-15,22H,7H2,1-6H3. The molecule has 3 rings (SSSR count). The normalized spacial score (nSPS) is 17.1. The second kappa shape index (κ2) is 6.37. The minimum absolute atomic E-state index is 0.208. The quantitative estimate of drug-likeness (QED) is 0.540. The van der Waals surface area contributed by atoms with E-state index in [0.29, 0.717) is 5.54 Å². The van der Waals surface area contributed by atoms with Crippen molar-refractivity contribution in [2.45, 2.75) is 58.2 Å². The number of hydrogen-bond acceptors (Lipinski definition) is 0. The van der Waals surface area contributed by atoms with E-state index >= 15 is 0 Å². The molecule has 1 unspecified atom stereocenters. The summed E-state index contributed by atoms with van der Waals surface area (Å²) in [4.78, 5) is 0. The highest BCUT2D eigenvalue weighted by Crippen LogP contribution is 2.43. The van der Waals surface area contributed by atoms with Crippen LogP contribution in [0.5, 0.6) is 0 Å². The fraction of sp³-hybridized carbons (Fsp3) is 0.391. The predicted molar refractivity (Wildman–Crippen MR) is 109 cm³/mol. The lowest BCUT2D eigenvalue weighted by Crippen LogP contribution is -2.16. The van der Waals surface area contributed by atoms with Crippen molar-refractivity contribution < 1.29 is 0 Å². The van der Waals surface area contributed by atoms with E-state index in [9.17, 15) is 0 Å². The molecule has 2 aromatic carbocycles. The molecule has 0 N–H and O–H groups in total. The summed E-state index contributed by atoms with van der Waals surface area (Å²) >= 11 is 0. The predicted octanol–water partition coefficient (Wildman–Crippen LogP) is 6.84. The molecule has 0 nitrogen and oxygen atoms in total. The molecule has 1 atom stereocenters. The van der Waals surface area contributed by atoms with Crippen LogP contribution in [0.15, 0.2) is 48.0 Å². The van der Waals surface area contributed by atoms with E-state index in [1.807, 2.05) is 0 Å². The zero-order valence-electron chi connectivity index (χ0n) is 15.9. The highest BCUT2D eigenvalue weighted by atomic mass is 28.3. The Labute approximate surface area is 149 Å². The van der Waals surface area contributed by atoms with Crippen molar-refractivity contribution in [1.29, 1.82) is 0 Å². The zero-order valence-corrected chi connectivity index (χ0v) is 16.9. The molecular weight excluding hydrogens is 304 g/mol. The maximum atomic E-state index is 2.48. The summed E-state index contributed by atoms with van der Waals surface area (Å²) in [6, 6.07) is 16.1. The van der Waals surface area contributed by atoms with Crippen molar-refractivity contribution in [2.75, 3.05) is 0 Å². The van der Waals surface area contributed by atoms with Crippen LogP contribution in [0.25, 0.3) is 17.2 Å². The van der Waals surface area contributed by atoms with E-state index in [1.165, 1.54) is 22.3 Å². The van der Waals surface area contributed by atoms with Crippen LogP contribution >= 0.6 is 0 Å². The Morgan fingerprint density at radius 1 is 0.958 bits per heavy atom. The minimum Gasteiger partial charge on any atom is -0.0705 e. The molecule has 2 aromatic rings. The van der Waals surface area contributed by atoms with Gasteiger partial charge in [0, 0.05) is 0 Å². The first-order valence-corrected chi connectivity index (χ1v) is 11.6. The first kappa shape index (κ1) is 17.2. The second-order valence-electron chi connectivity index (χ2n) is 8.22. The van der Waals surface area contributed by atoms with Crippen LogP contribution in [0.1, 0.15) is 56.3 Å². The molecular formula is C23H29Si. The van der Waals surface area contributed by atoms with Gasteiger partial charge in [-0.3, -0.25) is 0 Å². The van der Waals surface area contributed by atoms with Crippen LogP contribution in [-0.4, -0.2) is 8.80 Å². The lowest BCUT2D eigenvalue weighted by Gasteiger charge is -2.20. The van der Waals surface area contributed by atoms with Crippen molar-refractivity contribution in [3.63, 3.8) is 0 Å². The van der Waals surface area contributed by atoms with Crippen LogP contribution in [0.2, 0.25) is 13.1 Å². The number of allylic oxidation sites excluding steroid dienone is 1. The Morgan fingerprint density at radius 3 is 2.17 bits per heavy atom. The molecule has 1 aliphatic carbocycles. The van der Waals surface area contributed by atoms with Gasteiger partial charge in [0.15, 0.2) is 0 Å². The minimum atomic E-state index is -0.376. The largest absolute Gasteiger partial charge is 0.0705 e. The molecule has 0 saturated heterocycles. The summed E-state index contributed by atoms with van der Waals surface area (Å²) in [5, 5.41) is 0. The SMILES string of the molecule is CCC1=Cc2c(-c3ccc(C(C)(C)C)cc3)cccc2C1[Si](C)C. The Bertz CT molecular complexity index is 758. The molecule has 0 fully saturated rings. The monoisotopic (exact) mass is 333 g/mol. The Balaban J connectivity index is 2.08. The second-order valence-corrected chi connectivity index (χ2v) is 11.0. The Kier molecular flexibility index (Phi) is 4.57. The molecule has 0 aliphatic heterocycles. The van der Waals surface area contributed by atoms with Gasteiger partial charge < -0.3 is 0 Å². The van der Waals surface area contributed by atoms with Gasteiger partial charge in [0.25, 0.3) is 0 Å². The topological polar surface area (TPSA) is 0 Å². The molecule has 1 radical (unpaired) electrons. The fourth-order valence-corrected chi connectivity index (χ4v) is 5.76. The lowest BCUT2D eigenvalue weighted by atomic mass is 9.86. The molecule has 0 amide bonds. The van der Waals surface area contributed by atoms with E-state index in [2.05, 4.69) is 89.3 Å². The first-order valence-electron chi connectivity index (χ1n) is 9.07. The third-order valence-electron chi connectivity index (χ3n) is 5.20. The van der Waals surface area contributed by atoms with Crippen LogP contribution in [-0.2, 0) is 5.41 Å². The number of hydrogen-bond donors (Lipinski definition) is 0. The first-order chi connectivity index (χ1) is 11.3. The summed E-state index contributed by atoms with van der Waals surface area (Å²) in [6.07, 6.45) is 3.64. The number of fused-ring (bicyclic) bond motifs is 1. The molecule has 0 bridgehead atoms. The van der Waals surface area contributed by atoms with Gasteiger partial charge in [-0.1, -0.05) is 94.9 Å². The van der Waals surface area contributed by atoms with E-state index < -0.39 is 0 Å². The smallest absolute Gasteiger partial charge is 0.0552 e. The molecule has 0 heterocycles. The highest BCUT2D eigenvalue weighted by Gasteiger charge is 2.29. The summed E-state index contributed by atoms with van der Waals surface area (Å²) in [5.74, 6) is 0. The molecule has 0 aromatic heterocycles. The van der Waals surface area contributed by atoms with Crippen molar-refractivity contribution in [1.82, 2.24) is 0 Å². The van der Waals surface area contributed by atoms with E-state index in [0.717, 1.165) is 6.42 Å². The van der Waals surface area contributed by atoms with Gasteiger partial charge in [0.2, 0.25) is 0 Å². The van der Waals surface area contributed by atoms with Crippen molar-refractivity contribution in [2.24, 2.45) is 0 Å². The summed E-state index contributed by atoms with van der Waals surface area (Å²) in [5.41, 5.74) is 9.68. The van der Waals surface area contributed by atoms with Gasteiger partial charge in [0.05, 0.1) is 8.80 Å². The van der Waals surface area contributed by atoms with Crippen molar-refractivity contribution in [3.8, 4) is 11.1 Å². The van der Waals surface area contributed by atoms with E-state index in [-0.39, 0.29) is 14.2 Å². The van der Waals surface area contributed by atoms with E-state index in [1.54, 1.807) is 11.1 Å². The third-order valence-corrected chi connectivity index (χ3v) is 7.04. The average molecular weight is 334 g/mol. The zero-order chi connectivity index (χ0) is 17.5. The van der Waals surface area contributed by atoms with E-state index in [4.69, 9.17) is 0 Å². The summed E-state index contributed by atoms with van der Waals surface area (Å²) in [7, 11) is -0.376. The van der Waals surface area contributed by atoms with Gasteiger partial charge in [-0.2, -0.15) is 0 Å². The van der Waals surface area contributed by atoms with Crippen LogP contribution in [0.4, 0.5) is 0 Å². The van der Waals surface area contributed by atoms with Gasteiger partial charge in [-0.05, 0) is 45.2 Å². The van der Waals surface area contributed by atoms with Crippen molar-refractivity contribution >= 4 is 14.9 Å². The Morgan fingerprint density at radius 2 is 1.62 bits per heavy atom. The van der Waals surface area contributed by atoms with Crippen LogP contribution < -0.4 is 0 Å². The number of benzene rings is 2. The molecule has 24 heavy (non-hydrogen) atoms. The van der Waals surface area contributed by atoms with Gasteiger partial charge in [-0.25, -0.2) is 0 Å². The van der Waals surface area contributed by atoms with Crippen LogP contribution in [0.3, 0.4) is 0 Å². The maximum absolute atomic E-state index is 2.48. The molecule has 1 heteroatoms. The van der Waals surface area contributed by atoms with Gasteiger partial charge in [-0.15, -0.1) is 0 Å². The summed E-state index contributed by atoms with van der Waals surface area (Å²) in [6.45, 7) is 14.0. The number of rotatable bonds is 3. The highest BCUT2D eigenvalue weighted by molar-refractivity contribution is 6.58. The van der Waals surface area contributed by atoms with Crippen molar-refractivity contribution in [3.05, 3.63) is 64.7 Å². The van der Waals surface area contributed by atoms with Gasteiger partial charge in [0.1, 0.15) is 0 Å². The van der Waals surface area contributed by atoms with Gasteiger partial charge >= 0.3 is 0 Å².